The summed E-state index contributed by atoms with van der Waals surface area (Å²) in [7, 11) is -0.399. The van der Waals surface area contributed by atoms with Crippen LogP contribution in [0, 0.1) is 24.5 Å². The molecule has 9 heterocycles. The maximum absolute atomic E-state index is 8.80. The summed E-state index contributed by atoms with van der Waals surface area (Å²) < 4.78 is 129. The van der Waals surface area contributed by atoms with Gasteiger partial charge in [-0.05, 0) is 202 Å². The highest BCUT2D eigenvalue weighted by Crippen LogP contribution is 2.43. The van der Waals surface area contributed by atoms with Gasteiger partial charge in [-0.3, -0.25) is 4.98 Å². The predicted molar refractivity (Wildman–Crippen MR) is 398 cm³/mol. The lowest BCUT2D eigenvalue weighted by atomic mass is 9.78. The molecular weight excluding hydrogens is 1230 g/mol. The van der Waals surface area contributed by atoms with Crippen LogP contribution >= 0.6 is 23.2 Å². The maximum atomic E-state index is 8.80. The van der Waals surface area contributed by atoms with Crippen molar-refractivity contribution in [3.8, 4) is 11.3 Å². The van der Waals surface area contributed by atoms with Crippen LogP contribution in [-0.4, -0.2) is 36.7 Å². The molecule has 0 aliphatic carbocycles. The van der Waals surface area contributed by atoms with E-state index in [1.165, 1.54) is 12.3 Å². The molecule has 477 valence electrons. The summed E-state index contributed by atoms with van der Waals surface area (Å²) in [5, 5.41) is 13.0. The Balaban J connectivity index is 0.000000123. The number of rotatable bonds is 4. The fraction of sp³-hybridized carbons (Fsp3) is 0.220. The lowest BCUT2D eigenvalue weighted by molar-refractivity contribution is 0.00578. The van der Waals surface area contributed by atoms with E-state index in [9.17, 15) is 0 Å². The summed E-state index contributed by atoms with van der Waals surface area (Å²) >= 11 is 11.9. The molecule has 96 heavy (non-hydrogen) atoms. The second-order valence-electron chi connectivity index (χ2n) is 27.2. The smallest absolute Gasteiger partial charge is 0.456 e. The minimum atomic E-state index is -2.48. The van der Waals surface area contributed by atoms with Crippen molar-refractivity contribution in [3.63, 3.8) is 0 Å². The minimum absolute atomic E-state index is 0. The van der Waals surface area contributed by atoms with E-state index in [0.717, 1.165) is 143 Å². The molecule has 1 aliphatic rings. The number of benzene rings is 9. The number of hydrogen-bond donors (Lipinski definition) is 0. The van der Waals surface area contributed by atoms with E-state index in [-0.39, 0.29) is 47.0 Å². The van der Waals surface area contributed by atoms with Crippen molar-refractivity contribution in [2.45, 2.75) is 107 Å². The van der Waals surface area contributed by atoms with Crippen molar-refractivity contribution in [1.82, 2.24) is 9.97 Å². The Morgan fingerprint density at radius 3 is 1.19 bits per heavy atom. The van der Waals surface area contributed by atoms with Gasteiger partial charge in [0.15, 0.2) is 0 Å². The number of aryl methyl sites for hydroxylation is 2. The van der Waals surface area contributed by atoms with E-state index in [1.807, 2.05) is 133 Å². The van der Waals surface area contributed by atoms with Crippen molar-refractivity contribution >= 4 is 176 Å². The molecule has 1 aliphatic heterocycles. The number of hydrogen-bond acceptors (Lipinski definition) is 10. The number of para-hydroxylation sites is 3. The van der Waals surface area contributed by atoms with Gasteiger partial charge in [-0.25, -0.2) is 4.98 Å². The number of fused-ring (bicyclic) bond motifs is 18. The third-order valence-corrected chi connectivity index (χ3v) is 17.9. The highest BCUT2D eigenvalue weighted by Gasteiger charge is 2.51. The van der Waals surface area contributed by atoms with E-state index < -0.39 is 44.4 Å². The van der Waals surface area contributed by atoms with E-state index in [0.29, 0.717) is 16.3 Å². The van der Waals surface area contributed by atoms with Crippen LogP contribution in [0.15, 0.2) is 215 Å². The zero-order valence-electron chi connectivity index (χ0n) is 64.5. The highest BCUT2D eigenvalue weighted by atomic mass is 35.5. The number of furan rings is 6. The van der Waals surface area contributed by atoms with Crippen LogP contribution in [0.2, 0.25) is 10.2 Å². The molecule has 1 saturated heterocycles. The van der Waals surface area contributed by atoms with Crippen LogP contribution in [0.1, 0.15) is 105 Å². The van der Waals surface area contributed by atoms with Gasteiger partial charge in [0.25, 0.3) is 0 Å². The molecule has 0 spiro atoms. The largest absolute Gasteiger partial charge is 0.494 e. The third-order valence-electron chi connectivity index (χ3n) is 17.5. The van der Waals surface area contributed by atoms with Gasteiger partial charge < -0.3 is 35.8 Å². The normalized spacial score (nSPS) is 16.1. The van der Waals surface area contributed by atoms with Gasteiger partial charge in [-0.15, -0.1) is 0 Å². The molecule has 14 heteroatoms. The second kappa shape index (κ2) is 24.1. The first-order chi connectivity index (χ1) is 49.3. The number of nitrogens with zero attached hydrogens (tertiary/aromatic N) is 2. The number of pyridine rings is 2. The third kappa shape index (κ3) is 12.1. The number of halogens is 2. The lowest BCUT2D eigenvalue weighted by Gasteiger charge is -2.32. The van der Waals surface area contributed by atoms with Crippen molar-refractivity contribution < 1.29 is 49.5 Å². The maximum Gasteiger partial charge on any atom is 0.494 e. The summed E-state index contributed by atoms with van der Waals surface area (Å²) in [5.74, 6) is 0. The van der Waals surface area contributed by atoms with Crippen LogP contribution < -0.4 is 5.46 Å². The van der Waals surface area contributed by atoms with Crippen LogP contribution in [-0.2, 0) is 22.1 Å². The Bertz CT molecular complexity index is 6310. The molecule has 10 nitrogen and oxygen atoms in total. The van der Waals surface area contributed by atoms with Crippen LogP contribution in [0.4, 0.5) is 0 Å². The van der Waals surface area contributed by atoms with E-state index in [2.05, 4.69) is 68.0 Å². The Labute approximate surface area is 582 Å². The zero-order chi connectivity index (χ0) is 74.6. The van der Waals surface area contributed by atoms with Crippen LogP contribution in [0.5, 0.6) is 0 Å². The fourth-order valence-corrected chi connectivity index (χ4v) is 12.6. The monoisotopic (exact) mass is 1310 g/mol. The molecule has 9 aromatic carbocycles. The molecular formula is C82H71B2Cl2N2O8. The molecule has 18 rings (SSSR count). The van der Waals surface area contributed by atoms with Gasteiger partial charge in [0.1, 0.15) is 72.1 Å². The minimum Gasteiger partial charge on any atom is -0.456 e. The molecule has 0 N–H and O–H groups in total. The van der Waals surface area contributed by atoms with Crippen LogP contribution in [0.25, 0.3) is 143 Å². The molecule has 8 aromatic heterocycles. The summed E-state index contributed by atoms with van der Waals surface area (Å²) in [6, 6.07) is 56.5. The first-order valence-electron chi connectivity index (χ1n) is 36.4. The zero-order valence-corrected chi connectivity index (χ0v) is 56.0. The van der Waals surface area contributed by atoms with Crippen molar-refractivity contribution in [2.75, 3.05) is 0 Å². The molecule has 3 radical (unpaired) electrons. The summed E-state index contributed by atoms with van der Waals surface area (Å²) in [6.07, 6.45) is -1.29. The Morgan fingerprint density at radius 2 is 0.750 bits per heavy atom. The molecule has 0 unspecified atom stereocenters. The molecule has 0 saturated carbocycles. The number of aromatic nitrogens is 2. The Morgan fingerprint density at radius 1 is 0.396 bits per heavy atom. The molecule has 0 amide bonds. The fourth-order valence-electron chi connectivity index (χ4n) is 12.3. The van der Waals surface area contributed by atoms with E-state index >= 15 is 0 Å². The van der Waals surface area contributed by atoms with Gasteiger partial charge in [0.2, 0.25) is 0 Å². The van der Waals surface area contributed by atoms with Gasteiger partial charge in [0, 0.05) is 110 Å². The first kappa shape index (κ1) is 52.9. The molecule has 1 fully saturated rings. The Hall–Kier alpha value is -9.29. The van der Waals surface area contributed by atoms with Crippen molar-refractivity contribution in [1.29, 1.82) is 0 Å². The second-order valence-corrected chi connectivity index (χ2v) is 28.1. The van der Waals surface area contributed by atoms with Crippen LogP contribution in [0.3, 0.4) is 0 Å². The quantitative estimate of drug-likeness (QED) is 0.124. The summed E-state index contributed by atoms with van der Waals surface area (Å²) in [4.78, 5) is 8.19. The summed E-state index contributed by atoms with van der Waals surface area (Å²) in [5.41, 5.74) is 9.88. The average Bonchev–Trinajstić information content (AvgIpc) is 1.46. The van der Waals surface area contributed by atoms with Crippen molar-refractivity contribution in [2.24, 2.45) is 10.8 Å². The van der Waals surface area contributed by atoms with E-state index in [4.69, 9.17) is 72.7 Å². The Kier molecular flexibility index (Phi) is 13.3. The summed E-state index contributed by atoms with van der Waals surface area (Å²) in [6.45, 7) is 13.8. The molecule has 0 bridgehead atoms. The van der Waals surface area contributed by atoms with Gasteiger partial charge in [-0.2, -0.15) is 0 Å². The molecule has 17 aromatic rings. The standard InChI is InChI=1S/C29H25NO2.C24H21BO4.C18H9ClO2.C11H16ClN.B/c1-17-16-30-24(12-19(17)15-29(2,3)4)18-9-10-26-21(11-18)23-14-27-22(13-28(23)32-26)20-7-5-6-8-25(20)31-27;1-23(2)24(3,4)29-25(28-23)14-9-10-20-16(11-14)18-13-21-17(12-22(18)27-20)15-7-5-6-8-19(15)26-21;19-10-5-6-16-12(7-10)14-9-17-13(8-18(14)21-16)11-3-1-2-4-15(11)20-17;1-8-7-13-10(12)5-9(8)6-11(2,3)4;/h5-14,16H,15H2,1-4H3;5-13H,1-4H3;1-9H;5,7H,6H2,1-4H3;/i1D3,15D2;;;1D3,6D2;. The van der Waals surface area contributed by atoms with Gasteiger partial charge >= 0.3 is 7.12 Å². The van der Waals surface area contributed by atoms with Crippen molar-refractivity contribution in [3.05, 3.63) is 221 Å². The van der Waals surface area contributed by atoms with Gasteiger partial charge in [0.05, 0.1) is 16.9 Å². The van der Waals surface area contributed by atoms with E-state index in [1.54, 1.807) is 47.6 Å². The lowest BCUT2D eigenvalue weighted by Crippen LogP contribution is -2.41. The van der Waals surface area contributed by atoms with Gasteiger partial charge in [-0.1, -0.05) is 131 Å². The molecule has 0 atom stereocenters. The SMILES string of the molecule is CC1(C)OB(c2ccc3oc4cc5c(cc4c3c2)oc2ccccc25)OC1(C)C.Clc1ccc2oc3cc4c(cc3c2c1)oc1ccccc14.[2H]C([2H])([2H])c1cnc(-c2ccc3oc4cc5c(cc4c3c2)oc2ccccc25)cc1C([2H])([2H])C(C)(C)C.[2H]C([2H])([2H])c1cnc(Cl)cc1C([2H])([2H])C(C)(C)C.[B]. The topological polar surface area (TPSA) is 123 Å². The first-order valence-corrected chi connectivity index (χ1v) is 32.1. The predicted octanol–water partition coefficient (Wildman–Crippen LogP) is 23.6. The highest BCUT2D eigenvalue weighted by molar-refractivity contribution is 6.62. The average molecular weight is 1320 g/mol.